The molecule has 0 aliphatic heterocycles. The first-order valence-electron chi connectivity index (χ1n) is 5.03. The molecule has 1 atom stereocenters. The Morgan fingerprint density at radius 1 is 1.40 bits per heavy atom. The monoisotopic (exact) mass is 205 g/mol. The Morgan fingerprint density at radius 3 is 2.80 bits per heavy atom. The fourth-order valence-electron chi connectivity index (χ4n) is 1.93. The normalized spacial score (nSPS) is 13.3. The summed E-state index contributed by atoms with van der Waals surface area (Å²) in [6.45, 7) is 2.04. The van der Waals surface area contributed by atoms with Crippen molar-refractivity contribution < 1.29 is 10.2 Å². The van der Waals surface area contributed by atoms with Crippen LogP contribution in [0.1, 0.15) is 18.4 Å². The number of aliphatic hydroxyl groups excluding tert-OH is 1. The SMILES string of the molecule is CC(CO)c1cn(C)c2cccc(O)c12. The largest absolute Gasteiger partial charge is 0.507 e. The highest BCUT2D eigenvalue weighted by molar-refractivity contribution is 5.90. The molecule has 0 aliphatic carbocycles. The number of hydrogen-bond acceptors (Lipinski definition) is 2. The number of aliphatic hydroxyl groups is 1. The maximum absolute atomic E-state index is 9.81. The lowest BCUT2D eigenvalue weighted by atomic mass is 10.0. The molecule has 15 heavy (non-hydrogen) atoms. The van der Waals surface area contributed by atoms with E-state index in [0.29, 0.717) is 0 Å². The molecule has 80 valence electrons. The van der Waals surface area contributed by atoms with Gasteiger partial charge in [-0.05, 0) is 17.7 Å². The fraction of sp³-hybridized carbons (Fsp3) is 0.333. The summed E-state index contributed by atoms with van der Waals surface area (Å²) in [5, 5.41) is 19.8. The van der Waals surface area contributed by atoms with Crippen LogP contribution in [0.2, 0.25) is 0 Å². The second-order valence-electron chi connectivity index (χ2n) is 3.95. The second kappa shape index (κ2) is 3.59. The van der Waals surface area contributed by atoms with Crippen LogP contribution in [0.15, 0.2) is 24.4 Å². The van der Waals surface area contributed by atoms with E-state index in [-0.39, 0.29) is 18.3 Å². The first-order chi connectivity index (χ1) is 7.15. The summed E-state index contributed by atoms with van der Waals surface area (Å²) >= 11 is 0. The first-order valence-corrected chi connectivity index (χ1v) is 5.03. The molecule has 0 radical (unpaired) electrons. The van der Waals surface area contributed by atoms with Gasteiger partial charge in [-0.1, -0.05) is 13.0 Å². The highest BCUT2D eigenvalue weighted by Gasteiger charge is 2.14. The standard InChI is InChI=1S/C12H15NO2/c1-8(7-14)9-6-13(2)10-4-3-5-11(15)12(9)10/h3-6,8,14-15H,7H2,1-2H3. The van der Waals surface area contributed by atoms with Gasteiger partial charge in [0.05, 0.1) is 5.52 Å². The molecule has 0 bridgehead atoms. The molecule has 2 rings (SSSR count). The lowest BCUT2D eigenvalue weighted by molar-refractivity contribution is 0.273. The van der Waals surface area contributed by atoms with E-state index >= 15 is 0 Å². The number of aryl methyl sites for hydroxylation is 1. The number of aromatic hydroxyl groups is 1. The average molecular weight is 205 g/mol. The number of phenols is 1. The van der Waals surface area contributed by atoms with Crippen LogP contribution in [-0.4, -0.2) is 21.4 Å². The van der Waals surface area contributed by atoms with Gasteiger partial charge in [0.25, 0.3) is 0 Å². The third kappa shape index (κ3) is 1.49. The minimum Gasteiger partial charge on any atom is -0.507 e. The van der Waals surface area contributed by atoms with Crippen LogP contribution in [-0.2, 0) is 7.05 Å². The summed E-state index contributed by atoms with van der Waals surface area (Å²) in [5.41, 5.74) is 1.98. The molecule has 0 amide bonds. The zero-order chi connectivity index (χ0) is 11.0. The van der Waals surface area contributed by atoms with Gasteiger partial charge in [0.1, 0.15) is 5.75 Å². The van der Waals surface area contributed by atoms with Gasteiger partial charge < -0.3 is 14.8 Å². The van der Waals surface area contributed by atoms with Crippen LogP contribution < -0.4 is 0 Å². The Bertz CT molecular complexity index is 488. The van der Waals surface area contributed by atoms with Crippen molar-refractivity contribution in [3.8, 4) is 5.75 Å². The van der Waals surface area contributed by atoms with Gasteiger partial charge in [0.15, 0.2) is 0 Å². The summed E-state index contributed by atoms with van der Waals surface area (Å²) in [6, 6.07) is 5.46. The molecule has 2 aromatic rings. The Kier molecular flexibility index (Phi) is 2.40. The lowest BCUT2D eigenvalue weighted by Crippen LogP contribution is -1.97. The molecule has 0 aliphatic rings. The van der Waals surface area contributed by atoms with Crippen LogP contribution >= 0.6 is 0 Å². The summed E-state index contributed by atoms with van der Waals surface area (Å²) in [5.74, 6) is 0.324. The van der Waals surface area contributed by atoms with E-state index in [1.165, 1.54) is 0 Å². The summed E-state index contributed by atoms with van der Waals surface area (Å²) < 4.78 is 1.97. The average Bonchev–Trinajstić information content (AvgIpc) is 2.57. The van der Waals surface area contributed by atoms with E-state index < -0.39 is 0 Å². The highest BCUT2D eigenvalue weighted by Crippen LogP contribution is 2.33. The number of fused-ring (bicyclic) bond motifs is 1. The van der Waals surface area contributed by atoms with E-state index in [9.17, 15) is 5.11 Å². The van der Waals surface area contributed by atoms with E-state index in [2.05, 4.69) is 0 Å². The van der Waals surface area contributed by atoms with Crippen molar-refractivity contribution in [1.29, 1.82) is 0 Å². The molecule has 0 saturated heterocycles. The maximum atomic E-state index is 9.81. The molecule has 1 heterocycles. The zero-order valence-electron chi connectivity index (χ0n) is 8.94. The Morgan fingerprint density at radius 2 is 2.13 bits per heavy atom. The Hall–Kier alpha value is -1.48. The van der Waals surface area contributed by atoms with Crippen LogP contribution in [0, 0.1) is 0 Å². The summed E-state index contributed by atoms with van der Waals surface area (Å²) in [7, 11) is 1.94. The van der Waals surface area contributed by atoms with Crippen molar-refractivity contribution in [1.82, 2.24) is 4.57 Å². The topological polar surface area (TPSA) is 45.4 Å². The minimum absolute atomic E-state index is 0.0435. The Balaban J connectivity index is 2.75. The van der Waals surface area contributed by atoms with Crippen molar-refractivity contribution >= 4 is 10.9 Å². The van der Waals surface area contributed by atoms with E-state index in [0.717, 1.165) is 16.5 Å². The molecule has 1 aromatic heterocycles. The molecule has 0 fully saturated rings. The van der Waals surface area contributed by atoms with Crippen molar-refractivity contribution in [2.24, 2.45) is 7.05 Å². The van der Waals surface area contributed by atoms with Gasteiger partial charge in [-0.2, -0.15) is 0 Å². The first kappa shape index (κ1) is 10.1. The molecule has 1 aromatic carbocycles. The minimum atomic E-state index is 0.0435. The number of aromatic nitrogens is 1. The van der Waals surface area contributed by atoms with Crippen molar-refractivity contribution in [2.45, 2.75) is 12.8 Å². The molecule has 2 N–H and O–H groups in total. The van der Waals surface area contributed by atoms with Gasteiger partial charge in [-0.25, -0.2) is 0 Å². The van der Waals surface area contributed by atoms with Crippen LogP contribution in [0.25, 0.3) is 10.9 Å². The van der Waals surface area contributed by atoms with Crippen LogP contribution in [0.3, 0.4) is 0 Å². The number of phenolic OH excluding ortho intramolecular Hbond substituents is 1. The van der Waals surface area contributed by atoms with Crippen LogP contribution in [0.5, 0.6) is 5.75 Å². The van der Waals surface area contributed by atoms with Crippen molar-refractivity contribution in [3.05, 3.63) is 30.0 Å². The lowest BCUT2D eigenvalue weighted by Gasteiger charge is -2.06. The van der Waals surface area contributed by atoms with Crippen molar-refractivity contribution in [2.75, 3.05) is 6.61 Å². The molecule has 1 unspecified atom stereocenters. The molecule has 0 saturated carbocycles. The predicted molar refractivity (Wildman–Crippen MR) is 60.1 cm³/mol. The second-order valence-corrected chi connectivity index (χ2v) is 3.95. The molecule has 0 spiro atoms. The summed E-state index contributed by atoms with van der Waals surface area (Å²) in [4.78, 5) is 0. The van der Waals surface area contributed by atoms with Crippen molar-refractivity contribution in [3.63, 3.8) is 0 Å². The summed E-state index contributed by atoms with van der Waals surface area (Å²) in [6.07, 6.45) is 1.96. The zero-order valence-corrected chi connectivity index (χ0v) is 8.94. The third-order valence-electron chi connectivity index (χ3n) is 2.83. The number of nitrogens with zero attached hydrogens (tertiary/aromatic N) is 1. The van der Waals surface area contributed by atoms with Gasteiger partial charge in [0.2, 0.25) is 0 Å². The fourth-order valence-corrected chi connectivity index (χ4v) is 1.93. The molecule has 3 nitrogen and oxygen atoms in total. The molecular weight excluding hydrogens is 190 g/mol. The highest BCUT2D eigenvalue weighted by atomic mass is 16.3. The van der Waals surface area contributed by atoms with Crippen LogP contribution in [0.4, 0.5) is 0 Å². The quantitative estimate of drug-likeness (QED) is 0.787. The number of rotatable bonds is 2. The molecular formula is C12H15NO2. The van der Waals surface area contributed by atoms with Gasteiger partial charge >= 0.3 is 0 Å². The third-order valence-corrected chi connectivity index (χ3v) is 2.83. The predicted octanol–water partition coefficient (Wildman–Crippen LogP) is 1.98. The van der Waals surface area contributed by atoms with E-state index in [4.69, 9.17) is 5.11 Å². The Labute approximate surface area is 88.6 Å². The van der Waals surface area contributed by atoms with E-state index in [1.807, 2.05) is 36.9 Å². The number of benzene rings is 1. The van der Waals surface area contributed by atoms with Gasteiger partial charge in [-0.3, -0.25) is 0 Å². The van der Waals surface area contributed by atoms with Gasteiger partial charge in [-0.15, -0.1) is 0 Å². The van der Waals surface area contributed by atoms with Gasteiger partial charge in [0, 0.05) is 31.2 Å². The van der Waals surface area contributed by atoms with E-state index in [1.54, 1.807) is 6.07 Å². The molecule has 3 heteroatoms. The smallest absolute Gasteiger partial charge is 0.125 e. The maximum Gasteiger partial charge on any atom is 0.125 e. The number of hydrogen-bond donors (Lipinski definition) is 2.